The van der Waals surface area contributed by atoms with Gasteiger partial charge in [-0.3, -0.25) is 4.57 Å². The maximum atomic E-state index is 6.21. The average Bonchev–Trinajstić information content (AvgIpc) is 2.73. The Labute approximate surface area is 503 Å². The first kappa shape index (κ1) is 50.6. The minimum Gasteiger partial charge on any atom is -0.278 e. The third-order valence-corrected chi connectivity index (χ3v) is 18.7. The Morgan fingerprint density at radius 1 is 0.318 bits per heavy atom. The first-order valence-corrected chi connectivity index (χ1v) is 30.4. The molecule has 5 heterocycles. The van der Waals surface area contributed by atoms with Crippen LogP contribution in [0.25, 0.3) is 146 Å². The molecule has 0 unspecified atom stereocenters. The summed E-state index contributed by atoms with van der Waals surface area (Å²) < 4.78 is 4.65. The lowest BCUT2D eigenvalue weighted by atomic mass is 10.0. The second-order valence-corrected chi connectivity index (χ2v) is 23.8. The van der Waals surface area contributed by atoms with Crippen molar-refractivity contribution in [1.29, 1.82) is 0 Å². The lowest BCUT2D eigenvalue weighted by Crippen LogP contribution is -2.02. The van der Waals surface area contributed by atoms with Crippen LogP contribution >= 0.6 is 34.3 Å². The van der Waals surface area contributed by atoms with E-state index in [1.54, 1.807) is 22.7 Å². The molecule has 0 atom stereocenters. The molecule has 0 fully saturated rings. The van der Waals surface area contributed by atoms with Crippen LogP contribution in [0.3, 0.4) is 0 Å². The second-order valence-electron chi connectivity index (χ2n) is 21.4. The van der Waals surface area contributed by atoms with Crippen molar-refractivity contribution in [3.63, 3.8) is 0 Å². The Morgan fingerprint density at radius 2 is 0.776 bits per heavy atom. The smallest absolute Gasteiger partial charge is 0.236 e. The predicted molar refractivity (Wildman–Crippen MR) is 361 cm³/mol. The minimum absolute atomic E-state index is 0.284. The molecule has 1 aliphatic carbocycles. The highest BCUT2D eigenvalue weighted by Gasteiger charge is 2.22. The summed E-state index contributed by atoms with van der Waals surface area (Å²) in [5, 5.41) is 12.4. The van der Waals surface area contributed by atoms with E-state index in [0.717, 1.165) is 60.4 Å². The fourth-order valence-corrected chi connectivity index (χ4v) is 14.7. The Hall–Kier alpha value is -10.2. The van der Waals surface area contributed by atoms with Crippen molar-refractivity contribution in [2.75, 3.05) is 0 Å². The number of benzene rings is 12. The van der Waals surface area contributed by atoms with Gasteiger partial charge < -0.3 is 0 Å². The first-order valence-electron chi connectivity index (χ1n) is 28.4. The molecule has 0 amide bonds. The zero-order valence-corrected chi connectivity index (χ0v) is 48.1. The Balaban J connectivity index is 0.000000116. The molecule has 0 bridgehead atoms. The monoisotopic (exact) mass is 1140 g/mol. The number of thiophene rings is 2. The summed E-state index contributed by atoms with van der Waals surface area (Å²) in [6.45, 7) is 0. The summed E-state index contributed by atoms with van der Waals surface area (Å²) in [5.74, 6) is 0.692. The van der Waals surface area contributed by atoms with E-state index < -0.39 is 0 Å². The largest absolute Gasteiger partial charge is 0.278 e. The molecule has 85 heavy (non-hydrogen) atoms. The van der Waals surface area contributed by atoms with E-state index in [1.165, 1.54) is 97.0 Å². The first-order chi connectivity index (χ1) is 42.0. The number of fused-ring (bicyclic) bond motifs is 14. The molecule has 12 aromatic carbocycles. The lowest BCUT2D eigenvalue weighted by molar-refractivity contribution is 1.02. The number of nitrogens with zero attached hydrogens (tertiary/aromatic N) is 5. The molecule has 17 aromatic rings. The average molecular weight is 1140 g/mol. The standard InChI is InChI=1S/C38H23N3S.C22H13ClN2S.C17H12/c1-2-10-24(11-3-1)25-18-20-26(21-19-25)36-35-30-15-7-9-17-34(30)42-37(35)40-38(39-36)41-32-16-8-6-14-29(32)31-22-27-12-4-5-13-28(27)23-33(31)41;23-22-24-20(19-17-8-4-5-9-18(17)26-21(19)25-22)16-12-10-15(11-13-16)14-6-2-1-3-7-14;1-2-6-13-11-17-15(9-12(13)5-1)10-14-7-3-4-8-16(14)17/h1-23H;1-13H;1-9,11H,10H2. The van der Waals surface area contributed by atoms with Gasteiger partial charge in [0, 0.05) is 52.8 Å². The van der Waals surface area contributed by atoms with Crippen LogP contribution in [-0.4, -0.2) is 24.5 Å². The highest BCUT2D eigenvalue weighted by atomic mass is 35.5. The van der Waals surface area contributed by atoms with Crippen LogP contribution in [0.15, 0.2) is 279 Å². The van der Waals surface area contributed by atoms with Crippen molar-refractivity contribution in [3.8, 4) is 61.8 Å². The van der Waals surface area contributed by atoms with Crippen LogP contribution in [0, 0.1) is 0 Å². The van der Waals surface area contributed by atoms with E-state index in [9.17, 15) is 0 Å². The summed E-state index contributed by atoms with van der Waals surface area (Å²) in [4.78, 5) is 21.5. The molecule has 0 radical (unpaired) electrons. The Bertz CT molecular complexity index is 5400. The number of para-hydroxylation sites is 1. The van der Waals surface area contributed by atoms with Crippen molar-refractivity contribution < 1.29 is 0 Å². The highest BCUT2D eigenvalue weighted by Crippen LogP contribution is 2.43. The van der Waals surface area contributed by atoms with E-state index in [4.69, 9.17) is 21.6 Å². The van der Waals surface area contributed by atoms with E-state index in [1.807, 2.05) is 18.2 Å². The van der Waals surface area contributed by atoms with E-state index in [-0.39, 0.29) is 5.28 Å². The van der Waals surface area contributed by atoms with Gasteiger partial charge in [-0.05, 0) is 120 Å². The number of rotatable bonds is 5. The lowest BCUT2D eigenvalue weighted by Gasteiger charge is -2.11. The summed E-state index contributed by atoms with van der Waals surface area (Å²) in [7, 11) is 0. The molecular weight excluding hydrogens is 1090 g/mol. The second kappa shape index (κ2) is 21.2. The Kier molecular flexibility index (Phi) is 12.6. The predicted octanol–water partition coefficient (Wildman–Crippen LogP) is 21.7. The van der Waals surface area contributed by atoms with Crippen LogP contribution in [0.4, 0.5) is 0 Å². The third-order valence-electron chi connectivity index (χ3n) is 16.4. The maximum absolute atomic E-state index is 6.21. The van der Waals surface area contributed by atoms with Crippen molar-refractivity contribution >= 4 is 118 Å². The van der Waals surface area contributed by atoms with Gasteiger partial charge >= 0.3 is 0 Å². The molecule has 0 aliphatic heterocycles. The van der Waals surface area contributed by atoms with Crippen LogP contribution in [-0.2, 0) is 6.42 Å². The van der Waals surface area contributed by atoms with Crippen LogP contribution in [0.2, 0.25) is 5.28 Å². The molecule has 5 aromatic heterocycles. The van der Waals surface area contributed by atoms with E-state index in [0.29, 0.717) is 5.95 Å². The summed E-state index contributed by atoms with van der Waals surface area (Å²) in [6.07, 6.45) is 1.08. The molecule has 5 nitrogen and oxygen atoms in total. The summed E-state index contributed by atoms with van der Waals surface area (Å²) in [5.41, 5.74) is 16.7. The zero-order valence-electron chi connectivity index (χ0n) is 45.7. The van der Waals surface area contributed by atoms with Gasteiger partial charge in [0.25, 0.3) is 0 Å². The zero-order chi connectivity index (χ0) is 56.4. The quantitative estimate of drug-likeness (QED) is 0.161. The molecule has 400 valence electrons. The van der Waals surface area contributed by atoms with Gasteiger partial charge in [0.1, 0.15) is 9.66 Å². The van der Waals surface area contributed by atoms with Crippen LogP contribution in [0.1, 0.15) is 11.1 Å². The molecule has 8 heteroatoms. The molecule has 1 aliphatic rings. The van der Waals surface area contributed by atoms with Crippen molar-refractivity contribution in [1.82, 2.24) is 24.5 Å². The van der Waals surface area contributed by atoms with Crippen molar-refractivity contribution in [2.24, 2.45) is 0 Å². The molecular formula is C77H48ClN5S2. The number of hydrogen-bond donors (Lipinski definition) is 0. The number of hydrogen-bond acceptors (Lipinski definition) is 6. The number of aromatic nitrogens is 5. The number of halogens is 1. The van der Waals surface area contributed by atoms with E-state index in [2.05, 4.69) is 275 Å². The molecule has 0 N–H and O–H groups in total. The minimum atomic E-state index is 0.284. The van der Waals surface area contributed by atoms with Gasteiger partial charge in [-0.25, -0.2) is 19.9 Å². The summed E-state index contributed by atoms with van der Waals surface area (Å²) in [6, 6.07) is 98.7. The SMILES string of the molecule is Clc1nc(-c2ccc(-c3ccccc3)cc2)c2c(n1)sc1ccccc12.c1ccc(-c2ccc(-c3nc(-n4c5ccccc5c5cc6ccccc6cc54)nc4sc5ccccc5c34)cc2)cc1.c1ccc2c(c1)Cc1cc3ccccc3cc1-2. The van der Waals surface area contributed by atoms with E-state index >= 15 is 0 Å². The molecule has 18 rings (SSSR count). The topological polar surface area (TPSA) is 56.5 Å². The van der Waals surface area contributed by atoms with Gasteiger partial charge in [-0.1, -0.05) is 243 Å². The van der Waals surface area contributed by atoms with Crippen molar-refractivity contribution in [2.45, 2.75) is 6.42 Å². The summed E-state index contributed by atoms with van der Waals surface area (Å²) >= 11 is 9.59. The van der Waals surface area contributed by atoms with Gasteiger partial charge in [0.05, 0.1) is 22.4 Å². The van der Waals surface area contributed by atoms with Crippen LogP contribution in [0.5, 0.6) is 0 Å². The highest BCUT2D eigenvalue weighted by molar-refractivity contribution is 7.26. The third kappa shape index (κ3) is 9.17. The normalized spacial score (nSPS) is 11.8. The van der Waals surface area contributed by atoms with Crippen LogP contribution < -0.4 is 0 Å². The Morgan fingerprint density at radius 3 is 1.40 bits per heavy atom. The fourth-order valence-electron chi connectivity index (χ4n) is 12.3. The van der Waals surface area contributed by atoms with Crippen molar-refractivity contribution in [3.05, 3.63) is 295 Å². The molecule has 0 saturated heterocycles. The molecule has 0 spiro atoms. The van der Waals surface area contributed by atoms with Gasteiger partial charge in [0.15, 0.2) is 0 Å². The maximum Gasteiger partial charge on any atom is 0.236 e. The fraction of sp³-hybridized carbons (Fsp3) is 0.0130. The van der Waals surface area contributed by atoms with Gasteiger partial charge in [-0.2, -0.15) is 0 Å². The van der Waals surface area contributed by atoms with Gasteiger partial charge in [0.2, 0.25) is 11.2 Å². The van der Waals surface area contributed by atoms with Gasteiger partial charge in [-0.15, -0.1) is 22.7 Å². The molecule has 0 saturated carbocycles.